The summed E-state index contributed by atoms with van der Waals surface area (Å²) in [5.41, 5.74) is 2.14. The number of carbonyl (C=O) groups excluding carboxylic acids is 1. The van der Waals surface area contributed by atoms with Gasteiger partial charge in [-0.3, -0.25) is 9.48 Å². The molecule has 0 saturated carbocycles. The molecular formula is C16H18ClN3O3. The lowest BCUT2D eigenvalue weighted by Crippen LogP contribution is -2.25. The highest BCUT2D eigenvalue weighted by molar-refractivity contribution is 6.31. The molecule has 1 N–H and O–H groups in total. The van der Waals surface area contributed by atoms with Crippen LogP contribution >= 0.6 is 11.6 Å². The Bertz CT molecular complexity index is 757. The van der Waals surface area contributed by atoms with Crippen molar-refractivity contribution in [1.82, 2.24) is 9.78 Å². The van der Waals surface area contributed by atoms with Crippen LogP contribution in [0.5, 0.6) is 11.5 Å². The monoisotopic (exact) mass is 335 g/mol. The van der Waals surface area contributed by atoms with Gasteiger partial charge in [-0.1, -0.05) is 11.6 Å². The number of hydrogen-bond acceptors (Lipinski definition) is 4. The molecule has 1 amide bonds. The minimum absolute atomic E-state index is 0.177. The Kier molecular flexibility index (Phi) is 4.17. The number of nitrogens with one attached hydrogen (secondary N) is 1. The fourth-order valence-electron chi connectivity index (χ4n) is 2.50. The minimum atomic E-state index is -0.477. The standard InChI is InChI=1S/C16H18ClN3O3/c1-9-15(17)10(2)20(19-9)11(3)16(21)18-12-4-5-13-14(8-12)23-7-6-22-13/h4-5,8,11H,6-7H2,1-3H3,(H,18,21). The molecule has 2 aromatic rings. The molecule has 1 atom stereocenters. The van der Waals surface area contributed by atoms with E-state index in [1.165, 1.54) is 0 Å². The van der Waals surface area contributed by atoms with Crippen LogP contribution in [0.3, 0.4) is 0 Å². The van der Waals surface area contributed by atoms with E-state index in [0.717, 1.165) is 5.69 Å². The highest BCUT2D eigenvalue weighted by Crippen LogP contribution is 2.33. The van der Waals surface area contributed by atoms with Crippen molar-refractivity contribution in [3.8, 4) is 11.5 Å². The summed E-state index contributed by atoms with van der Waals surface area (Å²) in [7, 11) is 0. The second kappa shape index (κ2) is 6.12. The van der Waals surface area contributed by atoms with E-state index >= 15 is 0 Å². The molecule has 1 aromatic heterocycles. The van der Waals surface area contributed by atoms with Gasteiger partial charge in [0.05, 0.1) is 16.4 Å². The average molecular weight is 336 g/mol. The Labute approximate surface area is 139 Å². The number of fused-ring (bicyclic) bond motifs is 1. The second-order valence-corrected chi connectivity index (χ2v) is 5.83. The number of rotatable bonds is 3. The molecule has 0 fully saturated rings. The van der Waals surface area contributed by atoms with E-state index in [2.05, 4.69) is 10.4 Å². The van der Waals surface area contributed by atoms with Gasteiger partial charge in [0.1, 0.15) is 19.3 Å². The third-order valence-corrected chi connectivity index (χ3v) is 4.34. The van der Waals surface area contributed by atoms with E-state index in [9.17, 15) is 4.79 Å². The van der Waals surface area contributed by atoms with Crippen LogP contribution in [0.25, 0.3) is 0 Å². The van der Waals surface area contributed by atoms with Crippen molar-refractivity contribution in [2.75, 3.05) is 18.5 Å². The predicted octanol–water partition coefficient (Wildman–Crippen LogP) is 3.12. The quantitative estimate of drug-likeness (QED) is 0.936. The number of carbonyl (C=O) groups is 1. The van der Waals surface area contributed by atoms with E-state index in [1.807, 2.05) is 13.8 Å². The van der Waals surface area contributed by atoms with Crippen molar-refractivity contribution in [3.63, 3.8) is 0 Å². The van der Waals surface area contributed by atoms with Crippen LogP contribution in [0.2, 0.25) is 5.02 Å². The fraction of sp³-hybridized carbons (Fsp3) is 0.375. The summed E-state index contributed by atoms with van der Waals surface area (Å²) in [6, 6.07) is 4.85. The lowest BCUT2D eigenvalue weighted by Gasteiger charge is -2.20. The van der Waals surface area contributed by atoms with Crippen molar-refractivity contribution in [1.29, 1.82) is 0 Å². The molecule has 0 spiro atoms. The van der Waals surface area contributed by atoms with Gasteiger partial charge >= 0.3 is 0 Å². The second-order valence-electron chi connectivity index (χ2n) is 5.45. The Hall–Kier alpha value is -2.21. The molecular weight excluding hydrogens is 318 g/mol. The molecule has 2 heterocycles. The zero-order valence-electron chi connectivity index (χ0n) is 13.2. The maximum Gasteiger partial charge on any atom is 0.248 e. The number of ether oxygens (including phenoxy) is 2. The van der Waals surface area contributed by atoms with Gasteiger partial charge in [-0.05, 0) is 32.9 Å². The molecule has 0 radical (unpaired) electrons. The Balaban J connectivity index is 1.77. The fourth-order valence-corrected chi connectivity index (χ4v) is 2.62. The number of aromatic nitrogens is 2. The lowest BCUT2D eigenvalue weighted by atomic mass is 10.2. The summed E-state index contributed by atoms with van der Waals surface area (Å²) >= 11 is 6.14. The maximum atomic E-state index is 12.5. The SMILES string of the molecule is Cc1nn(C(C)C(=O)Nc2ccc3c(c2)OCCO3)c(C)c1Cl. The molecule has 1 aromatic carbocycles. The maximum absolute atomic E-state index is 12.5. The molecule has 23 heavy (non-hydrogen) atoms. The molecule has 0 bridgehead atoms. The first-order chi connectivity index (χ1) is 11.0. The smallest absolute Gasteiger partial charge is 0.248 e. The van der Waals surface area contributed by atoms with Gasteiger partial charge in [-0.2, -0.15) is 5.10 Å². The zero-order chi connectivity index (χ0) is 16.6. The van der Waals surface area contributed by atoms with Gasteiger partial charge in [-0.25, -0.2) is 0 Å². The number of halogens is 1. The van der Waals surface area contributed by atoms with Gasteiger partial charge < -0.3 is 14.8 Å². The van der Waals surface area contributed by atoms with Crippen LogP contribution in [-0.4, -0.2) is 28.9 Å². The van der Waals surface area contributed by atoms with Crippen LogP contribution in [0.1, 0.15) is 24.4 Å². The highest BCUT2D eigenvalue weighted by atomic mass is 35.5. The minimum Gasteiger partial charge on any atom is -0.486 e. The van der Waals surface area contributed by atoms with Crippen molar-refractivity contribution in [3.05, 3.63) is 34.6 Å². The summed E-state index contributed by atoms with van der Waals surface area (Å²) in [4.78, 5) is 12.5. The van der Waals surface area contributed by atoms with E-state index in [4.69, 9.17) is 21.1 Å². The predicted molar refractivity (Wildman–Crippen MR) is 87.5 cm³/mol. The molecule has 122 valence electrons. The first-order valence-corrected chi connectivity index (χ1v) is 7.77. The first kappa shape index (κ1) is 15.7. The van der Waals surface area contributed by atoms with Crippen molar-refractivity contribution in [2.45, 2.75) is 26.8 Å². The number of nitrogens with zero attached hydrogens (tertiary/aromatic N) is 2. The summed E-state index contributed by atoms with van der Waals surface area (Å²) in [5, 5.41) is 7.78. The van der Waals surface area contributed by atoms with E-state index < -0.39 is 6.04 Å². The molecule has 1 aliphatic heterocycles. The third kappa shape index (κ3) is 2.99. The molecule has 7 heteroatoms. The van der Waals surface area contributed by atoms with Gasteiger partial charge in [0.25, 0.3) is 0 Å². The lowest BCUT2D eigenvalue weighted by molar-refractivity contribution is -0.119. The van der Waals surface area contributed by atoms with Gasteiger partial charge in [-0.15, -0.1) is 0 Å². The van der Waals surface area contributed by atoms with Gasteiger partial charge in [0.15, 0.2) is 11.5 Å². The summed E-state index contributed by atoms with van der Waals surface area (Å²) in [6.45, 7) is 6.48. The molecule has 0 aliphatic carbocycles. The molecule has 1 unspecified atom stereocenters. The van der Waals surface area contributed by atoms with Crippen LogP contribution < -0.4 is 14.8 Å². The van der Waals surface area contributed by atoms with Gasteiger partial charge in [0.2, 0.25) is 5.91 Å². The van der Waals surface area contributed by atoms with E-state index in [1.54, 1.807) is 29.8 Å². The number of hydrogen-bond donors (Lipinski definition) is 1. The normalized spacial score (nSPS) is 14.4. The Morgan fingerprint density at radius 1 is 1.30 bits per heavy atom. The van der Waals surface area contributed by atoms with Crippen molar-refractivity contribution in [2.24, 2.45) is 0 Å². The topological polar surface area (TPSA) is 65.4 Å². The van der Waals surface area contributed by atoms with Crippen LogP contribution in [0, 0.1) is 13.8 Å². The van der Waals surface area contributed by atoms with E-state index in [-0.39, 0.29) is 5.91 Å². The first-order valence-electron chi connectivity index (χ1n) is 7.39. The number of aryl methyl sites for hydroxylation is 1. The largest absolute Gasteiger partial charge is 0.486 e. The number of amides is 1. The number of anilines is 1. The molecule has 0 saturated heterocycles. The average Bonchev–Trinajstić information content (AvgIpc) is 2.81. The Morgan fingerprint density at radius 3 is 2.65 bits per heavy atom. The van der Waals surface area contributed by atoms with Crippen LogP contribution in [-0.2, 0) is 4.79 Å². The van der Waals surface area contributed by atoms with Crippen LogP contribution in [0.4, 0.5) is 5.69 Å². The zero-order valence-corrected chi connectivity index (χ0v) is 14.0. The summed E-state index contributed by atoms with van der Waals surface area (Å²) < 4.78 is 12.6. The molecule has 1 aliphatic rings. The highest BCUT2D eigenvalue weighted by Gasteiger charge is 2.21. The van der Waals surface area contributed by atoms with Crippen molar-refractivity contribution >= 4 is 23.2 Å². The molecule has 6 nitrogen and oxygen atoms in total. The Morgan fingerprint density at radius 2 is 2.00 bits per heavy atom. The third-order valence-electron chi connectivity index (χ3n) is 3.79. The summed E-state index contributed by atoms with van der Waals surface area (Å²) in [5.74, 6) is 1.15. The van der Waals surface area contributed by atoms with Gasteiger partial charge in [0, 0.05) is 11.8 Å². The van der Waals surface area contributed by atoms with Crippen molar-refractivity contribution < 1.29 is 14.3 Å². The van der Waals surface area contributed by atoms with Crippen LogP contribution in [0.15, 0.2) is 18.2 Å². The summed E-state index contributed by atoms with van der Waals surface area (Å²) in [6.07, 6.45) is 0. The number of benzene rings is 1. The molecule has 3 rings (SSSR count). The van der Waals surface area contributed by atoms with E-state index in [0.29, 0.717) is 41.1 Å².